The van der Waals surface area contributed by atoms with Gasteiger partial charge in [0.15, 0.2) is 0 Å². The first kappa shape index (κ1) is 15.7. The minimum atomic E-state index is -0.600. The van der Waals surface area contributed by atoms with Crippen molar-refractivity contribution in [1.82, 2.24) is 4.90 Å². The summed E-state index contributed by atoms with van der Waals surface area (Å²) in [5.41, 5.74) is 0. The van der Waals surface area contributed by atoms with Gasteiger partial charge in [0, 0.05) is 6.42 Å². The molecule has 1 saturated heterocycles. The molecule has 1 heterocycles. The summed E-state index contributed by atoms with van der Waals surface area (Å²) < 4.78 is 5.04. The molecule has 0 radical (unpaired) electrons. The SMILES string of the molecule is CCCCCC(C(=O)OCC)N1C(=O)CCC1C=O. The second kappa shape index (κ2) is 7.92. The van der Waals surface area contributed by atoms with Crippen LogP contribution in [0.25, 0.3) is 0 Å². The van der Waals surface area contributed by atoms with E-state index in [9.17, 15) is 14.4 Å². The molecule has 5 nitrogen and oxygen atoms in total. The van der Waals surface area contributed by atoms with E-state index in [4.69, 9.17) is 4.74 Å². The van der Waals surface area contributed by atoms with Gasteiger partial charge in [0.25, 0.3) is 0 Å². The summed E-state index contributed by atoms with van der Waals surface area (Å²) in [7, 11) is 0. The van der Waals surface area contributed by atoms with Crippen LogP contribution in [-0.2, 0) is 19.1 Å². The van der Waals surface area contributed by atoms with Crippen LogP contribution in [0.3, 0.4) is 0 Å². The lowest BCUT2D eigenvalue weighted by atomic mass is 10.1. The number of hydrogen-bond acceptors (Lipinski definition) is 4. The molecule has 0 aromatic rings. The van der Waals surface area contributed by atoms with Crippen molar-refractivity contribution < 1.29 is 19.1 Å². The highest BCUT2D eigenvalue weighted by atomic mass is 16.5. The number of amides is 1. The van der Waals surface area contributed by atoms with Crippen molar-refractivity contribution in [3.8, 4) is 0 Å². The number of carbonyl (C=O) groups excluding carboxylic acids is 3. The van der Waals surface area contributed by atoms with Crippen molar-refractivity contribution >= 4 is 18.2 Å². The smallest absolute Gasteiger partial charge is 0.328 e. The Labute approximate surface area is 114 Å². The maximum absolute atomic E-state index is 12.0. The zero-order chi connectivity index (χ0) is 14.3. The zero-order valence-electron chi connectivity index (χ0n) is 11.8. The fourth-order valence-corrected chi connectivity index (χ4v) is 2.46. The lowest BCUT2D eigenvalue weighted by Crippen LogP contribution is -2.47. The molecule has 108 valence electrons. The maximum Gasteiger partial charge on any atom is 0.328 e. The van der Waals surface area contributed by atoms with E-state index in [1.54, 1.807) is 6.92 Å². The topological polar surface area (TPSA) is 63.7 Å². The van der Waals surface area contributed by atoms with Gasteiger partial charge >= 0.3 is 5.97 Å². The van der Waals surface area contributed by atoms with Crippen molar-refractivity contribution in [1.29, 1.82) is 0 Å². The molecule has 0 saturated carbocycles. The van der Waals surface area contributed by atoms with E-state index in [-0.39, 0.29) is 18.5 Å². The first-order valence-corrected chi connectivity index (χ1v) is 7.08. The first-order valence-electron chi connectivity index (χ1n) is 7.08. The number of unbranched alkanes of at least 4 members (excludes halogenated alkanes) is 2. The molecule has 5 heteroatoms. The van der Waals surface area contributed by atoms with Crippen molar-refractivity contribution in [3.05, 3.63) is 0 Å². The largest absolute Gasteiger partial charge is 0.464 e. The summed E-state index contributed by atoms with van der Waals surface area (Å²) in [6.07, 6.45) is 5.08. The third-order valence-electron chi connectivity index (χ3n) is 3.43. The average Bonchev–Trinajstić information content (AvgIpc) is 2.76. The number of aldehydes is 1. The van der Waals surface area contributed by atoms with Crippen LogP contribution in [0.5, 0.6) is 0 Å². The third kappa shape index (κ3) is 4.04. The normalized spacial score (nSPS) is 20.4. The Morgan fingerprint density at radius 2 is 2.21 bits per heavy atom. The summed E-state index contributed by atoms with van der Waals surface area (Å²) in [5.74, 6) is -0.507. The van der Waals surface area contributed by atoms with Gasteiger partial charge in [0.1, 0.15) is 12.3 Å². The summed E-state index contributed by atoms with van der Waals surface area (Å²) in [6.45, 7) is 4.11. The lowest BCUT2D eigenvalue weighted by Gasteiger charge is -2.29. The highest BCUT2D eigenvalue weighted by Gasteiger charge is 2.39. The predicted octanol–water partition coefficient (Wildman–Crippen LogP) is 1.69. The maximum atomic E-state index is 12.0. The fraction of sp³-hybridized carbons (Fsp3) is 0.786. The van der Waals surface area contributed by atoms with E-state index < -0.39 is 12.1 Å². The highest BCUT2D eigenvalue weighted by Crippen LogP contribution is 2.24. The molecule has 0 aliphatic carbocycles. The van der Waals surface area contributed by atoms with E-state index in [0.29, 0.717) is 19.3 Å². The molecule has 0 bridgehead atoms. The van der Waals surface area contributed by atoms with Gasteiger partial charge in [0.2, 0.25) is 5.91 Å². The third-order valence-corrected chi connectivity index (χ3v) is 3.43. The van der Waals surface area contributed by atoms with Gasteiger partial charge in [-0.1, -0.05) is 26.2 Å². The van der Waals surface area contributed by atoms with Gasteiger partial charge in [-0.2, -0.15) is 0 Å². The minimum absolute atomic E-state index is 0.119. The fourth-order valence-electron chi connectivity index (χ4n) is 2.46. The Hall–Kier alpha value is -1.39. The molecule has 0 aromatic heterocycles. The number of esters is 1. The van der Waals surface area contributed by atoms with Crippen molar-refractivity contribution in [2.45, 2.75) is 64.5 Å². The van der Waals surface area contributed by atoms with Crippen molar-refractivity contribution in [3.63, 3.8) is 0 Å². The Morgan fingerprint density at radius 1 is 1.47 bits per heavy atom. The first-order chi connectivity index (χ1) is 9.15. The van der Waals surface area contributed by atoms with E-state index in [1.165, 1.54) is 4.90 Å². The molecule has 1 amide bonds. The Morgan fingerprint density at radius 3 is 2.79 bits per heavy atom. The molecular formula is C14H23NO4. The molecule has 1 aliphatic rings. The van der Waals surface area contributed by atoms with E-state index in [1.807, 2.05) is 0 Å². The van der Waals surface area contributed by atoms with Crippen molar-refractivity contribution in [2.75, 3.05) is 6.61 Å². The quantitative estimate of drug-likeness (QED) is 0.382. The highest BCUT2D eigenvalue weighted by molar-refractivity contribution is 5.89. The predicted molar refractivity (Wildman–Crippen MR) is 70.5 cm³/mol. The number of nitrogens with zero attached hydrogens (tertiary/aromatic N) is 1. The number of likely N-dealkylation sites (tertiary alicyclic amines) is 1. The van der Waals surface area contributed by atoms with Crippen LogP contribution in [-0.4, -0.2) is 41.8 Å². The van der Waals surface area contributed by atoms with Gasteiger partial charge in [-0.05, 0) is 19.8 Å². The Balaban J connectivity index is 2.78. The molecule has 0 N–H and O–H groups in total. The summed E-state index contributed by atoms with van der Waals surface area (Å²) >= 11 is 0. The average molecular weight is 269 g/mol. The molecule has 0 aromatic carbocycles. The van der Waals surface area contributed by atoms with Crippen LogP contribution < -0.4 is 0 Å². The summed E-state index contributed by atoms with van der Waals surface area (Å²) in [6, 6.07) is -1.07. The van der Waals surface area contributed by atoms with Gasteiger partial charge in [-0.15, -0.1) is 0 Å². The number of ether oxygens (including phenoxy) is 1. The standard InChI is InChI=1S/C14H23NO4/c1-3-5-6-7-12(14(18)19-4-2)15-11(10-16)8-9-13(15)17/h10-12H,3-9H2,1-2H3. The minimum Gasteiger partial charge on any atom is -0.464 e. The van der Waals surface area contributed by atoms with Gasteiger partial charge in [-0.25, -0.2) is 4.79 Å². The van der Waals surface area contributed by atoms with Gasteiger partial charge in [0.05, 0.1) is 12.6 Å². The van der Waals surface area contributed by atoms with Crippen LogP contribution in [0.1, 0.15) is 52.4 Å². The molecule has 2 unspecified atom stereocenters. The monoisotopic (exact) mass is 269 g/mol. The molecule has 1 aliphatic heterocycles. The van der Waals surface area contributed by atoms with Crippen LogP contribution in [0.4, 0.5) is 0 Å². The van der Waals surface area contributed by atoms with Crippen molar-refractivity contribution in [2.24, 2.45) is 0 Å². The van der Waals surface area contributed by atoms with E-state index >= 15 is 0 Å². The molecule has 1 fully saturated rings. The number of hydrogen-bond donors (Lipinski definition) is 0. The van der Waals surface area contributed by atoms with E-state index in [2.05, 4.69) is 6.92 Å². The number of carbonyl (C=O) groups is 3. The lowest BCUT2D eigenvalue weighted by molar-refractivity contribution is -0.155. The Kier molecular flexibility index (Phi) is 6.53. The number of rotatable bonds is 8. The van der Waals surface area contributed by atoms with Crippen LogP contribution in [0, 0.1) is 0 Å². The molecule has 0 spiro atoms. The van der Waals surface area contributed by atoms with Crippen LogP contribution in [0.2, 0.25) is 0 Å². The van der Waals surface area contributed by atoms with E-state index in [0.717, 1.165) is 25.5 Å². The summed E-state index contributed by atoms with van der Waals surface area (Å²) in [4.78, 5) is 36.3. The second-order valence-corrected chi connectivity index (χ2v) is 4.81. The molecule has 2 atom stereocenters. The Bertz CT molecular complexity index is 329. The molecular weight excluding hydrogens is 246 g/mol. The molecule has 19 heavy (non-hydrogen) atoms. The van der Waals surface area contributed by atoms with Gasteiger partial charge in [-0.3, -0.25) is 4.79 Å². The molecule has 1 rings (SSSR count). The van der Waals surface area contributed by atoms with Gasteiger partial charge < -0.3 is 14.4 Å². The summed E-state index contributed by atoms with van der Waals surface area (Å²) in [5, 5.41) is 0. The van der Waals surface area contributed by atoms with Crippen LogP contribution >= 0.6 is 0 Å². The second-order valence-electron chi connectivity index (χ2n) is 4.81. The zero-order valence-corrected chi connectivity index (χ0v) is 11.8. The van der Waals surface area contributed by atoms with Crippen LogP contribution in [0.15, 0.2) is 0 Å².